The molecule has 140 valence electrons. The molecule has 1 aromatic rings. The first kappa shape index (κ1) is 19.0. The highest BCUT2D eigenvalue weighted by atomic mass is 35.5. The first-order chi connectivity index (χ1) is 12.5. The van der Waals surface area contributed by atoms with Crippen LogP contribution in [0.5, 0.6) is 0 Å². The summed E-state index contributed by atoms with van der Waals surface area (Å²) in [7, 11) is 0. The van der Waals surface area contributed by atoms with E-state index in [1.807, 2.05) is 18.4 Å². The molecule has 1 aromatic carbocycles. The zero-order chi connectivity index (χ0) is 18.7. The average Bonchev–Trinajstić information content (AvgIpc) is 2.61. The molecule has 0 spiro atoms. The molecule has 0 aliphatic carbocycles. The van der Waals surface area contributed by atoms with Gasteiger partial charge in [0.15, 0.2) is 0 Å². The first-order valence-electron chi connectivity index (χ1n) is 8.61. The number of piperidine rings is 1. The summed E-state index contributed by atoms with van der Waals surface area (Å²) in [5, 5.41) is 6.44. The number of benzene rings is 1. The third-order valence-electron chi connectivity index (χ3n) is 4.80. The molecule has 2 N–H and O–H groups in total. The predicted octanol–water partition coefficient (Wildman–Crippen LogP) is 1.22. The molecule has 2 aliphatic heterocycles. The van der Waals surface area contributed by atoms with Crippen LogP contribution in [0, 0.1) is 0 Å². The van der Waals surface area contributed by atoms with Gasteiger partial charge in [-0.25, -0.2) is 0 Å². The maximum atomic E-state index is 12.8. The Balaban J connectivity index is 1.63. The zero-order valence-electron chi connectivity index (χ0n) is 14.5. The fraction of sp³-hybridized carbons (Fsp3) is 0.500. The van der Waals surface area contributed by atoms with Crippen molar-refractivity contribution in [3.8, 4) is 0 Å². The standard InChI is InChI=1S/C18H22ClN3O3S/c1-26-10-16(23)20-13-6-7-22-15(9-13)17(24)21-14(18(22)25)8-11-2-4-12(19)5-3-11/h2-5,13-15H,6-10H2,1H3,(H,20,23)(H,21,24)/t13-,14-,15+/m1/s1. The molecule has 2 heterocycles. The summed E-state index contributed by atoms with van der Waals surface area (Å²) >= 11 is 7.35. The van der Waals surface area contributed by atoms with Crippen LogP contribution in [-0.4, -0.2) is 59.3 Å². The lowest BCUT2D eigenvalue weighted by Crippen LogP contribution is -2.67. The van der Waals surface area contributed by atoms with Gasteiger partial charge >= 0.3 is 0 Å². The number of hydrogen-bond acceptors (Lipinski definition) is 4. The number of hydrogen-bond donors (Lipinski definition) is 2. The van der Waals surface area contributed by atoms with Gasteiger partial charge in [-0.2, -0.15) is 11.8 Å². The van der Waals surface area contributed by atoms with Crippen LogP contribution in [0.25, 0.3) is 0 Å². The van der Waals surface area contributed by atoms with E-state index in [2.05, 4.69) is 10.6 Å². The number of nitrogens with one attached hydrogen (secondary N) is 2. The van der Waals surface area contributed by atoms with E-state index >= 15 is 0 Å². The van der Waals surface area contributed by atoms with Crippen LogP contribution in [-0.2, 0) is 20.8 Å². The largest absolute Gasteiger partial charge is 0.352 e. The Morgan fingerprint density at radius 3 is 2.77 bits per heavy atom. The molecule has 8 heteroatoms. The molecule has 26 heavy (non-hydrogen) atoms. The van der Waals surface area contributed by atoms with Crippen molar-refractivity contribution in [1.29, 1.82) is 0 Å². The highest BCUT2D eigenvalue weighted by molar-refractivity contribution is 7.99. The highest BCUT2D eigenvalue weighted by Gasteiger charge is 2.43. The molecule has 2 saturated heterocycles. The predicted molar refractivity (Wildman–Crippen MR) is 102 cm³/mol. The Hall–Kier alpha value is -1.73. The highest BCUT2D eigenvalue weighted by Crippen LogP contribution is 2.24. The van der Waals surface area contributed by atoms with Gasteiger partial charge in [0.05, 0.1) is 5.75 Å². The van der Waals surface area contributed by atoms with E-state index in [1.54, 1.807) is 17.0 Å². The van der Waals surface area contributed by atoms with Crippen LogP contribution in [0.2, 0.25) is 5.02 Å². The van der Waals surface area contributed by atoms with E-state index in [0.29, 0.717) is 36.6 Å². The third-order valence-corrected chi connectivity index (χ3v) is 5.60. The van der Waals surface area contributed by atoms with Crippen LogP contribution in [0.4, 0.5) is 0 Å². The molecule has 3 rings (SSSR count). The molecule has 6 nitrogen and oxygen atoms in total. The summed E-state index contributed by atoms with van der Waals surface area (Å²) in [6.07, 6.45) is 3.45. The van der Waals surface area contributed by atoms with Gasteiger partial charge in [0.2, 0.25) is 17.7 Å². The second-order valence-electron chi connectivity index (χ2n) is 6.66. The third kappa shape index (κ3) is 4.32. The maximum absolute atomic E-state index is 12.8. The van der Waals surface area contributed by atoms with Crippen molar-refractivity contribution in [1.82, 2.24) is 15.5 Å². The Kier molecular flexibility index (Phi) is 6.09. The summed E-state index contributed by atoms with van der Waals surface area (Å²) in [5.41, 5.74) is 0.950. The zero-order valence-corrected chi connectivity index (χ0v) is 16.1. The number of thioether (sulfide) groups is 1. The van der Waals surface area contributed by atoms with E-state index in [9.17, 15) is 14.4 Å². The lowest BCUT2D eigenvalue weighted by Gasteiger charge is -2.44. The van der Waals surface area contributed by atoms with Crippen molar-refractivity contribution < 1.29 is 14.4 Å². The minimum absolute atomic E-state index is 0.0286. The smallest absolute Gasteiger partial charge is 0.246 e. The lowest BCUT2D eigenvalue weighted by molar-refractivity contribution is -0.151. The molecule has 3 atom stereocenters. The summed E-state index contributed by atoms with van der Waals surface area (Å²) < 4.78 is 0. The second kappa shape index (κ2) is 8.31. The van der Waals surface area contributed by atoms with E-state index in [4.69, 9.17) is 11.6 Å². The Morgan fingerprint density at radius 1 is 1.35 bits per heavy atom. The monoisotopic (exact) mass is 395 g/mol. The Morgan fingerprint density at radius 2 is 2.08 bits per heavy atom. The number of nitrogens with zero attached hydrogens (tertiary/aromatic N) is 1. The van der Waals surface area contributed by atoms with Crippen molar-refractivity contribution in [3.63, 3.8) is 0 Å². The van der Waals surface area contributed by atoms with Crippen LogP contribution in [0.3, 0.4) is 0 Å². The molecular weight excluding hydrogens is 374 g/mol. The summed E-state index contributed by atoms with van der Waals surface area (Å²) in [6, 6.07) is 6.15. The van der Waals surface area contributed by atoms with Gasteiger partial charge < -0.3 is 15.5 Å². The molecule has 3 amide bonds. The quantitative estimate of drug-likeness (QED) is 0.785. The molecule has 0 saturated carbocycles. The van der Waals surface area contributed by atoms with Crippen molar-refractivity contribution in [2.45, 2.75) is 37.4 Å². The normalized spacial score (nSPS) is 25.5. The Labute approximate surface area is 162 Å². The number of fused-ring (bicyclic) bond motifs is 1. The van der Waals surface area contributed by atoms with E-state index < -0.39 is 12.1 Å². The van der Waals surface area contributed by atoms with Crippen molar-refractivity contribution >= 4 is 41.1 Å². The average molecular weight is 396 g/mol. The number of piperazine rings is 1. The number of carbonyl (C=O) groups is 3. The van der Waals surface area contributed by atoms with Crippen LogP contribution in [0.15, 0.2) is 24.3 Å². The molecule has 0 unspecified atom stereocenters. The van der Waals surface area contributed by atoms with Gasteiger partial charge in [-0.05, 0) is 36.8 Å². The van der Waals surface area contributed by atoms with Crippen molar-refractivity contribution in [2.75, 3.05) is 18.6 Å². The first-order valence-corrected chi connectivity index (χ1v) is 10.4. The van der Waals surface area contributed by atoms with E-state index in [1.165, 1.54) is 11.8 Å². The van der Waals surface area contributed by atoms with Gasteiger partial charge in [-0.1, -0.05) is 23.7 Å². The van der Waals surface area contributed by atoms with Gasteiger partial charge in [0, 0.05) is 24.0 Å². The van der Waals surface area contributed by atoms with Crippen LogP contribution in [0.1, 0.15) is 18.4 Å². The number of rotatable bonds is 5. The van der Waals surface area contributed by atoms with Crippen molar-refractivity contribution in [3.05, 3.63) is 34.9 Å². The van der Waals surface area contributed by atoms with Gasteiger partial charge in [-0.15, -0.1) is 0 Å². The van der Waals surface area contributed by atoms with E-state index in [0.717, 1.165) is 5.56 Å². The fourth-order valence-corrected chi connectivity index (χ4v) is 4.01. The van der Waals surface area contributed by atoms with Crippen molar-refractivity contribution in [2.24, 2.45) is 0 Å². The molecule has 2 aliphatic rings. The topological polar surface area (TPSA) is 78.5 Å². The van der Waals surface area contributed by atoms with Crippen LogP contribution < -0.4 is 10.6 Å². The molecule has 2 fully saturated rings. The molecule has 0 bridgehead atoms. The molecular formula is C18H22ClN3O3S. The summed E-state index contributed by atoms with van der Waals surface area (Å²) in [6.45, 7) is 0.484. The second-order valence-corrected chi connectivity index (χ2v) is 7.96. The maximum Gasteiger partial charge on any atom is 0.246 e. The lowest BCUT2D eigenvalue weighted by atomic mass is 9.91. The molecule has 0 aromatic heterocycles. The van der Waals surface area contributed by atoms with Gasteiger partial charge in [-0.3, -0.25) is 14.4 Å². The fourth-order valence-electron chi connectivity index (χ4n) is 3.53. The Bertz CT molecular complexity index is 697. The SMILES string of the molecule is CSCC(=O)N[C@@H]1CCN2C(=O)[C@@H](Cc3ccc(Cl)cc3)NC(=O)[C@@H]2C1. The van der Waals surface area contributed by atoms with Gasteiger partial charge in [0.25, 0.3) is 0 Å². The van der Waals surface area contributed by atoms with E-state index in [-0.39, 0.29) is 23.8 Å². The number of halogens is 1. The van der Waals surface area contributed by atoms with Gasteiger partial charge in [0.1, 0.15) is 12.1 Å². The minimum atomic E-state index is -0.553. The summed E-state index contributed by atoms with van der Waals surface area (Å²) in [5.74, 6) is 0.170. The number of carbonyl (C=O) groups excluding carboxylic acids is 3. The number of amides is 3. The van der Waals surface area contributed by atoms with Crippen LogP contribution >= 0.6 is 23.4 Å². The molecule has 0 radical (unpaired) electrons. The summed E-state index contributed by atoms with van der Waals surface area (Å²) in [4.78, 5) is 38.8. The minimum Gasteiger partial charge on any atom is -0.352 e.